The van der Waals surface area contributed by atoms with Crippen LogP contribution < -0.4 is 5.32 Å². The summed E-state index contributed by atoms with van der Waals surface area (Å²) in [5, 5.41) is 3.26. The van der Waals surface area contributed by atoms with Crippen molar-refractivity contribution in [1.82, 2.24) is 10.3 Å². The van der Waals surface area contributed by atoms with Crippen LogP contribution in [0.3, 0.4) is 0 Å². The Bertz CT molecular complexity index is 300. The lowest BCUT2D eigenvalue weighted by Gasteiger charge is -2.25. The fourth-order valence-corrected chi connectivity index (χ4v) is 1.72. The van der Waals surface area contributed by atoms with Crippen molar-refractivity contribution in [3.8, 4) is 0 Å². The lowest BCUT2D eigenvalue weighted by molar-refractivity contribution is 0.344. The normalized spacial score (nSPS) is 23.1. The van der Waals surface area contributed by atoms with Gasteiger partial charge in [-0.2, -0.15) is 0 Å². The Balaban J connectivity index is 1.66. The molecule has 0 unspecified atom stereocenters. The van der Waals surface area contributed by atoms with E-state index in [-0.39, 0.29) is 0 Å². The summed E-state index contributed by atoms with van der Waals surface area (Å²) >= 11 is 0. The molecule has 70 valence electrons. The number of aromatic nitrogens is 1. The van der Waals surface area contributed by atoms with E-state index in [0.717, 1.165) is 37.0 Å². The Morgan fingerprint density at radius 2 is 2.31 bits per heavy atom. The number of hydrogen-bond donors (Lipinski definition) is 1. The van der Waals surface area contributed by atoms with Crippen LogP contribution in [0.4, 0.5) is 0 Å². The highest BCUT2D eigenvalue weighted by Gasteiger charge is 2.29. The standard InChI is InChI=1S/C10H14N2O/c1-2-8(1)10-12-9(6-13-10)3-7-4-11-5-7/h6-8,11H,1-5H2. The second-order valence-electron chi connectivity index (χ2n) is 4.18. The van der Waals surface area contributed by atoms with Crippen molar-refractivity contribution in [1.29, 1.82) is 0 Å². The van der Waals surface area contributed by atoms with E-state index in [2.05, 4.69) is 10.3 Å². The summed E-state index contributed by atoms with van der Waals surface area (Å²) < 4.78 is 5.43. The van der Waals surface area contributed by atoms with Gasteiger partial charge in [-0.1, -0.05) is 0 Å². The van der Waals surface area contributed by atoms with Gasteiger partial charge in [0.2, 0.25) is 0 Å². The highest BCUT2D eigenvalue weighted by atomic mass is 16.3. The second kappa shape index (κ2) is 2.84. The molecule has 1 aromatic rings. The van der Waals surface area contributed by atoms with Crippen molar-refractivity contribution in [3.63, 3.8) is 0 Å². The number of nitrogens with zero attached hydrogens (tertiary/aromatic N) is 1. The van der Waals surface area contributed by atoms with Crippen LogP contribution in [0, 0.1) is 5.92 Å². The lowest BCUT2D eigenvalue weighted by Crippen LogP contribution is -2.43. The van der Waals surface area contributed by atoms with E-state index in [4.69, 9.17) is 4.42 Å². The molecule has 13 heavy (non-hydrogen) atoms. The summed E-state index contributed by atoms with van der Waals surface area (Å²) in [5.41, 5.74) is 1.15. The molecule has 0 bridgehead atoms. The van der Waals surface area contributed by atoms with Crippen LogP contribution in [0.5, 0.6) is 0 Å². The summed E-state index contributed by atoms with van der Waals surface area (Å²) in [6.45, 7) is 2.29. The second-order valence-corrected chi connectivity index (χ2v) is 4.18. The third kappa shape index (κ3) is 1.48. The molecule has 3 nitrogen and oxygen atoms in total. The van der Waals surface area contributed by atoms with Crippen LogP contribution in [0.2, 0.25) is 0 Å². The summed E-state index contributed by atoms with van der Waals surface area (Å²) in [7, 11) is 0. The zero-order chi connectivity index (χ0) is 8.67. The maximum Gasteiger partial charge on any atom is 0.197 e. The Morgan fingerprint density at radius 1 is 1.46 bits per heavy atom. The molecule has 0 atom stereocenters. The fourth-order valence-electron chi connectivity index (χ4n) is 1.72. The average Bonchev–Trinajstić information content (AvgIpc) is 2.80. The van der Waals surface area contributed by atoms with E-state index in [1.54, 1.807) is 0 Å². The molecule has 0 spiro atoms. The van der Waals surface area contributed by atoms with Crippen molar-refractivity contribution in [2.24, 2.45) is 5.92 Å². The number of nitrogens with one attached hydrogen (secondary N) is 1. The van der Waals surface area contributed by atoms with Gasteiger partial charge in [0.25, 0.3) is 0 Å². The van der Waals surface area contributed by atoms with Gasteiger partial charge in [0.1, 0.15) is 6.26 Å². The Labute approximate surface area is 77.5 Å². The number of rotatable bonds is 3. The van der Waals surface area contributed by atoms with Crippen molar-refractivity contribution < 1.29 is 4.42 Å². The molecule has 1 N–H and O–H groups in total. The smallest absolute Gasteiger partial charge is 0.197 e. The van der Waals surface area contributed by atoms with Gasteiger partial charge in [-0.3, -0.25) is 0 Å². The molecule has 3 rings (SSSR count). The number of hydrogen-bond acceptors (Lipinski definition) is 3. The van der Waals surface area contributed by atoms with Crippen molar-refractivity contribution in [3.05, 3.63) is 17.8 Å². The van der Waals surface area contributed by atoms with Crippen LogP contribution in [0.1, 0.15) is 30.3 Å². The Kier molecular flexibility index (Phi) is 1.65. The van der Waals surface area contributed by atoms with E-state index in [9.17, 15) is 0 Å². The minimum Gasteiger partial charge on any atom is -0.448 e. The van der Waals surface area contributed by atoms with Crippen molar-refractivity contribution in [2.75, 3.05) is 13.1 Å². The van der Waals surface area contributed by atoms with E-state index in [1.807, 2.05) is 6.26 Å². The summed E-state index contributed by atoms with van der Waals surface area (Å²) in [5.74, 6) is 2.41. The minimum atomic E-state index is 0.647. The van der Waals surface area contributed by atoms with Gasteiger partial charge >= 0.3 is 0 Å². The van der Waals surface area contributed by atoms with Gasteiger partial charge in [-0.15, -0.1) is 0 Å². The van der Waals surface area contributed by atoms with Gasteiger partial charge < -0.3 is 9.73 Å². The molecule has 1 saturated heterocycles. The van der Waals surface area contributed by atoms with Gasteiger partial charge in [-0.25, -0.2) is 4.98 Å². The molecule has 2 heterocycles. The van der Waals surface area contributed by atoms with Crippen LogP contribution in [0.15, 0.2) is 10.7 Å². The zero-order valence-electron chi connectivity index (χ0n) is 7.62. The quantitative estimate of drug-likeness (QED) is 0.758. The molecule has 2 aliphatic rings. The fraction of sp³-hybridized carbons (Fsp3) is 0.700. The van der Waals surface area contributed by atoms with E-state index in [1.165, 1.54) is 12.8 Å². The van der Waals surface area contributed by atoms with E-state index in [0.29, 0.717) is 5.92 Å². The zero-order valence-corrected chi connectivity index (χ0v) is 7.62. The van der Waals surface area contributed by atoms with E-state index >= 15 is 0 Å². The topological polar surface area (TPSA) is 38.1 Å². The van der Waals surface area contributed by atoms with E-state index < -0.39 is 0 Å². The first-order valence-corrected chi connectivity index (χ1v) is 5.07. The lowest BCUT2D eigenvalue weighted by atomic mass is 9.98. The van der Waals surface area contributed by atoms with Crippen LogP contribution in [-0.4, -0.2) is 18.1 Å². The maximum atomic E-state index is 5.43. The largest absolute Gasteiger partial charge is 0.448 e. The first kappa shape index (κ1) is 7.56. The van der Waals surface area contributed by atoms with Crippen molar-refractivity contribution >= 4 is 0 Å². The summed E-state index contributed by atoms with van der Waals surface area (Å²) in [4.78, 5) is 4.50. The molecule has 2 fully saturated rings. The van der Waals surface area contributed by atoms with Gasteiger partial charge in [-0.05, 0) is 38.3 Å². The average molecular weight is 178 g/mol. The molecular weight excluding hydrogens is 164 g/mol. The maximum absolute atomic E-state index is 5.43. The van der Waals surface area contributed by atoms with Gasteiger partial charge in [0.05, 0.1) is 5.69 Å². The van der Waals surface area contributed by atoms with Gasteiger partial charge in [0.15, 0.2) is 5.89 Å². The monoisotopic (exact) mass is 178 g/mol. The minimum absolute atomic E-state index is 0.647. The highest BCUT2D eigenvalue weighted by molar-refractivity contribution is 5.07. The summed E-state index contributed by atoms with van der Waals surface area (Å²) in [6, 6.07) is 0. The molecule has 1 aliphatic heterocycles. The third-order valence-corrected chi connectivity index (χ3v) is 2.86. The van der Waals surface area contributed by atoms with Crippen molar-refractivity contribution in [2.45, 2.75) is 25.2 Å². The molecule has 3 heteroatoms. The molecule has 0 radical (unpaired) electrons. The van der Waals surface area contributed by atoms with Crippen LogP contribution in [0.25, 0.3) is 0 Å². The predicted octanol–water partition coefficient (Wildman–Crippen LogP) is 1.31. The Morgan fingerprint density at radius 3 is 2.92 bits per heavy atom. The Hall–Kier alpha value is -0.830. The number of oxazole rings is 1. The third-order valence-electron chi connectivity index (χ3n) is 2.86. The SMILES string of the molecule is c1oc(C2CC2)nc1CC1CNC1. The predicted molar refractivity (Wildman–Crippen MR) is 48.5 cm³/mol. The summed E-state index contributed by atoms with van der Waals surface area (Å²) in [6.07, 6.45) is 5.46. The van der Waals surface area contributed by atoms with Crippen LogP contribution >= 0.6 is 0 Å². The first-order valence-electron chi connectivity index (χ1n) is 5.07. The molecule has 1 saturated carbocycles. The molecule has 1 aliphatic carbocycles. The van der Waals surface area contributed by atoms with Gasteiger partial charge in [0, 0.05) is 5.92 Å². The highest BCUT2D eigenvalue weighted by Crippen LogP contribution is 2.39. The molecule has 0 aromatic carbocycles. The molecular formula is C10H14N2O. The first-order chi connectivity index (χ1) is 6.42. The molecule has 0 amide bonds. The van der Waals surface area contributed by atoms with Crippen LogP contribution in [-0.2, 0) is 6.42 Å². The molecule has 1 aromatic heterocycles.